The van der Waals surface area contributed by atoms with Crippen LogP contribution in [0.25, 0.3) is 0 Å². The molecule has 0 saturated carbocycles. The minimum atomic E-state index is -1.12. The highest BCUT2D eigenvalue weighted by atomic mass is 79.9. The Morgan fingerprint density at radius 2 is 1.78 bits per heavy atom. The van der Waals surface area contributed by atoms with E-state index in [4.69, 9.17) is 9.84 Å². The molecule has 3 N–H and O–H groups in total. The summed E-state index contributed by atoms with van der Waals surface area (Å²) in [6.07, 6.45) is 0. The van der Waals surface area contributed by atoms with Crippen LogP contribution in [0.1, 0.15) is 22.8 Å². The molecule has 0 atom stereocenters. The van der Waals surface area contributed by atoms with Gasteiger partial charge in [-0.05, 0) is 61.7 Å². The molecule has 0 aromatic heterocycles. The predicted octanol–water partition coefficient (Wildman–Crippen LogP) is 3.56. The summed E-state index contributed by atoms with van der Waals surface area (Å²) in [4.78, 5) is 33.7. The predicted molar refractivity (Wildman–Crippen MR) is 107 cm³/mol. The van der Waals surface area contributed by atoms with Gasteiger partial charge >= 0.3 is 5.97 Å². The van der Waals surface area contributed by atoms with Crippen LogP contribution in [0, 0.1) is 0 Å². The zero-order valence-electron chi connectivity index (χ0n) is 14.2. The maximum atomic E-state index is 12.0. The van der Waals surface area contributed by atoms with Crippen LogP contribution in [0.5, 0.6) is 5.75 Å². The van der Waals surface area contributed by atoms with E-state index < -0.39 is 18.4 Å². The fraction of sp³-hybridized carbons (Fsp3) is 0.167. The van der Waals surface area contributed by atoms with Gasteiger partial charge in [0.2, 0.25) is 5.91 Å². The van der Waals surface area contributed by atoms with Crippen molar-refractivity contribution in [2.24, 2.45) is 0 Å². The Hall–Kier alpha value is -2.39. The van der Waals surface area contributed by atoms with Gasteiger partial charge in [-0.2, -0.15) is 0 Å². The van der Waals surface area contributed by atoms with Crippen LogP contribution in [0.2, 0.25) is 0 Å². The van der Waals surface area contributed by atoms with Crippen molar-refractivity contribution >= 4 is 55.3 Å². The van der Waals surface area contributed by atoms with Crippen LogP contribution >= 0.6 is 31.9 Å². The van der Waals surface area contributed by atoms with Crippen LogP contribution in [-0.2, 0) is 16.2 Å². The number of carboxylic acid groups (broad SMARTS) is 1. The molecule has 0 fully saturated rings. The van der Waals surface area contributed by atoms with Gasteiger partial charge in [-0.1, -0.05) is 12.1 Å². The molecular formula is C18H16Br2N2O5. The van der Waals surface area contributed by atoms with Gasteiger partial charge < -0.3 is 20.5 Å². The number of ether oxygens (including phenoxy) is 1. The van der Waals surface area contributed by atoms with E-state index in [1.54, 1.807) is 24.3 Å². The van der Waals surface area contributed by atoms with Crippen LogP contribution in [0.15, 0.2) is 45.3 Å². The van der Waals surface area contributed by atoms with E-state index in [0.29, 0.717) is 20.4 Å². The number of hydrogen-bond acceptors (Lipinski definition) is 4. The molecule has 0 spiro atoms. The summed E-state index contributed by atoms with van der Waals surface area (Å²) in [5.74, 6) is -1.29. The number of hydrogen-bond donors (Lipinski definition) is 3. The third-order valence-electron chi connectivity index (χ3n) is 3.29. The number of benzene rings is 2. The SMILES string of the molecule is CC(=O)Nc1cccc(COc2c(Br)cc(C(=O)NCC(=O)O)cc2Br)c1. The molecule has 9 heteroatoms. The van der Waals surface area contributed by atoms with E-state index in [9.17, 15) is 14.4 Å². The van der Waals surface area contributed by atoms with E-state index in [-0.39, 0.29) is 18.1 Å². The Kier molecular flexibility index (Phi) is 7.37. The number of amides is 2. The fourth-order valence-electron chi connectivity index (χ4n) is 2.18. The van der Waals surface area contributed by atoms with Gasteiger partial charge in [0.05, 0.1) is 8.95 Å². The monoisotopic (exact) mass is 498 g/mol. The third-order valence-corrected chi connectivity index (χ3v) is 4.47. The smallest absolute Gasteiger partial charge is 0.322 e. The number of carboxylic acids is 1. The molecule has 0 heterocycles. The minimum Gasteiger partial charge on any atom is -0.487 e. The molecule has 0 saturated heterocycles. The average Bonchev–Trinajstić information content (AvgIpc) is 2.58. The molecule has 0 unspecified atom stereocenters. The lowest BCUT2D eigenvalue weighted by molar-refractivity contribution is -0.135. The second-order valence-corrected chi connectivity index (χ2v) is 7.22. The van der Waals surface area contributed by atoms with Crippen molar-refractivity contribution < 1.29 is 24.2 Å². The lowest BCUT2D eigenvalue weighted by atomic mass is 10.2. The summed E-state index contributed by atoms with van der Waals surface area (Å²) < 4.78 is 6.89. The van der Waals surface area contributed by atoms with E-state index in [2.05, 4.69) is 42.5 Å². The number of anilines is 1. The summed E-state index contributed by atoms with van der Waals surface area (Å²) in [6, 6.07) is 10.3. The zero-order valence-corrected chi connectivity index (χ0v) is 17.4. The Balaban J connectivity index is 2.10. The summed E-state index contributed by atoms with van der Waals surface area (Å²) in [5, 5.41) is 13.6. The Bertz CT molecular complexity index is 863. The molecule has 2 aromatic rings. The number of rotatable bonds is 7. The lowest BCUT2D eigenvalue weighted by Gasteiger charge is -2.13. The van der Waals surface area contributed by atoms with Crippen LogP contribution in [0.4, 0.5) is 5.69 Å². The van der Waals surface area contributed by atoms with E-state index in [1.807, 2.05) is 12.1 Å². The molecule has 0 radical (unpaired) electrons. The first-order chi connectivity index (χ1) is 12.8. The van der Waals surface area contributed by atoms with Gasteiger partial charge in [-0.3, -0.25) is 14.4 Å². The first-order valence-electron chi connectivity index (χ1n) is 7.74. The van der Waals surface area contributed by atoms with Crippen molar-refractivity contribution in [1.29, 1.82) is 0 Å². The third kappa shape index (κ3) is 6.37. The van der Waals surface area contributed by atoms with Gasteiger partial charge in [0, 0.05) is 18.2 Å². The Morgan fingerprint density at radius 1 is 1.11 bits per heavy atom. The summed E-state index contributed by atoms with van der Waals surface area (Å²) in [5.41, 5.74) is 1.81. The van der Waals surface area contributed by atoms with Gasteiger partial charge in [-0.15, -0.1) is 0 Å². The van der Waals surface area contributed by atoms with Gasteiger partial charge in [0.15, 0.2) is 0 Å². The minimum absolute atomic E-state index is 0.157. The quantitative estimate of drug-likeness (QED) is 0.540. The number of halogens is 2. The average molecular weight is 500 g/mol. The van der Waals surface area contributed by atoms with Crippen molar-refractivity contribution in [1.82, 2.24) is 5.32 Å². The standard InChI is InChI=1S/C18H16Br2N2O5/c1-10(23)22-13-4-2-3-11(5-13)9-27-17-14(19)6-12(7-15(17)20)18(26)21-8-16(24)25/h2-7H,8-9H2,1H3,(H,21,26)(H,22,23)(H,24,25). The molecule has 0 aliphatic heterocycles. The van der Waals surface area contributed by atoms with Crippen molar-refractivity contribution in [2.75, 3.05) is 11.9 Å². The molecule has 27 heavy (non-hydrogen) atoms. The van der Waals surface area contributed by atoms with Crippen LogP contribution in [-0.4, -0.2) is 29.4 Å². The zero-order chi connectivity index (χ0) is 20.0. The molecule has 142 valence electrons. The van der Waals surface area contributed by atoms with Gasteiger partial charge in [0.25, 0.3) is 5.91 Å². The van der Waals surface area contributed by atoms with Crippen molar-refractivity contribution in [3.8, 4) is 5.75 Å². The first kappa shape index (κ1) is 20.9. The highest BCUT2D eigenvalue weighted by Gasteiger charge is 2.14. The molecule has 2 amide bonds. The molecule has 0 bridgehead atoms. The fourth-order valence-corrected chi connectivity index (χ4v) is 3.60. The Labute approximate surface area is 172 Å². The molecule has 2 aromatic carbocycles. The van der Waals surface area contributed by atoms with Crippen molar-refractivity contribution in [3.63, 3.8) is 0 Å². The van der Waals surface area contributed by atoms with Crippen LogP contribution in [0.3, 0.4) is 0 Å². The molecular weight excluding hydrogens is 484 g/mol. The summed E-state index contributed by atoms with van der Waals surface area (Å²) >= 11 is 6.72. The molecule has 2 rings (SSSR count). The second kappa shape index (κ2) is 9.52. The number of nitrogens with one attached hydrogen (secondary N) is 2. The number of carbonyl (C=O) groups is 3. The lowest BCUT2D eigenvalue weighted by Crippen LogP contribution is -2.29. The summed E-state index contributed by atoms with van der Waals surface area (Å²) in [7, 11) is 0. The van der Waals surface area contributed by atoms with E-state index in [1.165, 1.54) is 6.92 Å². The van der Waals surface area contributed by atoms with E-state index >= 15 is 0 Å². The second-order valence-electron chi connectivity index (χ2n) is 5.52. The maximum absolute atomic E-state index is 12.0. The maximum Gasteiger partial charge on any atom is 0.322 e. The molecule has 0 aliphatic rings. The van der Waals surface area contributed by atoms with E-state index in [0.717, 1.165) is 5.56 Å². The topological polar surface area (TPSA) is 105 Å². The van der Waals surface area contributed by atoms with Crippen molar-refractivity contribution in [3.05, 3.63) is 56.5 Å². The normalized spacial score (nSPS) is 10.2. The molecule has 7 nitrogen and oxygen atoms in total. The Morgan fingerprint density at radius 3 is 2.37 bits per heavy atom. The highest BCUT2D eigenvalue weighted by molar-refractivity contribution is 9.11. The molecule has 0 aliphatic carbocycles. The number of carbonyl (C=O) groups excluding carboxylic acids is 2. The number of aliphatic carboxylic acids is 1. The first-order valence-corrected chi connectivity index (χ1v) is 9.33. The van der Waals surface area contributed by atoms with Crippen LogP contribution < -0.4 is 15.4 Å². The largest absolute Gasteiger partial charge is 0.487 e. The van der Waals surface area contributed by atoms with Gasteiger partial charge in [-0.25, -0.2) is 0 Å². The van der Waals surface area contributed by atoms with Crippen molar-refractivity contribution in [2.45, 2.75) is 13.5 Å². The highest BCUT2D eigenvalue weighted by Crippen LogP contribution is 2.35. The summed E-state index contributed by atoms with van der Waals surface area (Å²) in [6.45, 7) is 1.22. The van der Waals surface area contributed by atoms with Gasteiger partial charge in [0.1, 0.15) is 18.9 Å².